The summed E-state index contributed by atoms with van der Waals surface area (Å²) >= 11 is 3.47. The van der Waals surface area contributed by atoms with E-state index in [-0.39, 0.29) is 5.92 Å². The van der Waals surface area contributed by atoms with Crippen molar-refractivity contribution < 1.29 is 4.74 Å². The number of hydrogen-bond acceptors (Lipinski definition) is 3. The van der Waals surface area contributed by atoms with Crippen LogP contribution in [0.2, 0.25) is 0 Å². The van der Waals surface area contributed by atoms with Crippen LogP contribution in [0.4, 0.5) is 0 Å². The van der Waals surface area contributed by atoms with Crippen LogP contribution < -0.4 is 4.74 Å². The molecular weight excluding hydrogens is 304 g/mol. The molecule has 0 N–H and O–H groups in total. The van der Waals surface area contributed by atoms with Gasteiger partial charge in [0.05, 0.1) is 18.2 Å². The maximum absolute atomic E-state index is 5.80. The van der Waals surface area contributed by atoms with E-state index in [0.29, 0.717) is 6.61 Å². The van der Waals surface area contributed by atoms with E-state index in [0.717, 1.165) is 34.6 Å². The molecule has 1 atom stereocenters. The molecule has 1 aromatic heterocycles. The number of aromatic nitrogens is 2. The second-order valence-corrected chi connectivity index (χ2v) is 5.37. The summed E-state index contributed by atoms with van der Waals surface area (Å²) in [7, 11) is 0. The first-order valence-corrected chi connectivity index (χ1v) is 7.49. The molecule has 1 aromatic carbocycles. The second-order valence-electron chi connectivity index (χ2n) is 4.81. The number of hydrogen-bond donors (Lipinski definition) is 0. The summed E-state index contributed by atoms with van der Waals surface area (Å²) in [6, 6.07) is 8.18. The van der Waals surface area contributed by atoms with Crippen molar-refractivity contribution in [2.45, 2.75) is 24.6 Å². The lowest BCUT2D eigenvalue weighted by molar-refractivity contribution is 0.257. The Hall–Kier alpha value is -1.42. The fourth-order valence-electron chi connectivity index (χ4n) is 2.32. The van der Waals surface area contributed by atoms with Gasteiger partial charge in [0.15, 0.2) is 0 Å². The highest BCUT2D eigenvalue weighted by molar-refractivity contribution is 9.08. The third-order valence-corrected chi connectivity index (χ3v) is 4.00. The fraction of sp³-hybridized carbons (Fsp3) is 0.333. The number of aryl methyl sites for hydroxylation is 1. The van der Waals surface area contributed by atoms with Crippen LogP contribution in [-0.4, -0.2) is 16.6 Å². The fourth-order valence-corrected chi connectivity index (χ4v) is 2.89. The number of nitrogens with zero attached hydrogens (tertiary/aromatic N) is 2. The molecule has 98 valence electrons. The van der Waals surface area contributed by atoms with Crippen molar-refractivity contribution >= 4 is 15.9 Å². The Labute approximate surface area is 121 Å². The van der Waals surface area contributed by atoms with Gasteiger partial charge in [0.25, 0.3) is 0 Å². The minimum absolute atomic E-state index is 0.244. The minimum atomic E-state index is 0.244. The van der Waals surface area contributed by atoms with E-state index < -0.39 is 0 Å². The number of halogens is 1. The van der Waals surface area contributed by atoms with Crippen LogP contribution in [0.5, 0.6) is 5.75 Å². The van der Waals surface area contributed by atoms with Crippen LogP contribution >= 0.6 is 15.9 Å². The van der Waals surface area contributed by atoms with Gasteiger partial charge in [-0.3, -0.25) is 0 Å². The molecular formula is C15H15BrN2O. The summed E-state index contributed by atoms with van der Waals surface area (Å²) in [5.41, 5.74) is 3.42. The zero-order chi connectivity index (χ0) is 13.2. The lowest BCUT2D eigenvalue weighted by atomic mass is 9.96. The molecule has 0 amide bonds. The highest BCUT2D eigenvalue weighted by Gasteiger charge is 2.23. The molecule has 19 heavy (non-hydrogen) atoms. The maximum atomic E-state index is 5.80. The molecule has 1 aliphatic rings. The molecule has 3 rings (SSSR count). The standard InChI is InChI=1S/C15H15BrN2O/c1-10-8-17-15(18-13(10)7-16)12-6-11-4-2-3-5-14(11)19-9-12/h2-5,8,12H,6-7,9H2,1H3. The van der Waals surface area contributed by atoms with E-state index in [1.165, 1.54) is 5.56 Å². The molecule has 0 spiro atoms. The molecule has 4 heteroatoms. The van der Waals surface area contributed by atoms with Crippen molar-refractivity contribution in [3.63, 3.8) is 0 Å². The summed E-state index contributed by atoms with van der Waals surface area (Å²) in [5.74, 6) is 2.12. The highest BCUT2D eigenvalue weighted by atomic mass is 79.9. The largest absolute Gasteiger partial charge is 0.493 e. The van der Waals surface area contributed by atoms with Gasteiger partial charge in [-0.25, -0.2) is 9.97 Å². The molecule has 0 fully saturated rings. The number of rotatable bonds is 2. The maximum Gasteiger partial charge on any atom is 0.135 e. The quantitative estimate of drug-likeness (QED) is 0.796. The Balaban J connectivity index is 1.89. The Morgan fingerprint density at radius 1 is 1.37 bits per heavy atom. The Bertz CT molecular complexity index is 600. The topological polar surface area (TPSA) is 35.0 Å². The molecule has 0 aliphatic carbocycles. The van der Waals surface area contributed by atoms with Crippen molar-refractivity contribution in [1.82, 2.24) is 9.97 Å². The van der Waals surface area contributed by atoms with Crippen molar-refractivity contribution in [2.24, 2.45) is 0 Å². The van der Waals surface area contributed by atoms with Crippen LogP contribution in [0, 0.1) is 6.92 Å². The highest BCUT2D eigenvalue weighted by Crippen LogP contribution is 2.31. The van der Waals surface area contributed by atoms with Gasteiger partial charge in [0.1, 0.15) is 11.6 Å². The molecule has 3 nitrogen and oxygen atoms in total. The molecule has 0 saturated carbocycles. The van der Waals surface area contributed by atoms with Crippen LogP contribution in [0.15, 0.2) is 30.5 Å². The molecule has 1 unspecified atom stereocenters. The average Bonchev–Trinajstić information content (AvgIpc) is 2.47. The molecule has 1 aliphatic heterocycles. The number of para-hydroxylation sites is 1. The normalized spacial score (nSPS) is 17.7. The molecule has 0 radical (unpaired) electrons. The van der Waals surface area contributed by atoms with Gasteiger partial charge >= 0.3 is 0 Å². The summed E-state index contributed by atoms with van der Waals surface area (Å²) in [6.45, 7) is 2.69. The van der Waals surface area contributed by atoms with E-state index in [1.807, 2.05) is 31.3 Å². The predicted octanol–water partition coefficient (Wildman–Crippen LogP) is 3.40. The van der Waals surface area contributed by atoms with E-state index in [1.54, 1.807) is 0 Å². The summed E-state index contributed by atoms with van der Waals surface area (Å²) in [4.78, 5) is 9.12. The molecule has 0 bridgehead atoms. The smallest absolute Gasteiger partial charge is 0.135 e. The van der Waals surface area contributed by atoms with Gasteiger partial charge < -0.3 is 4.74 Å². The lowest BCUT2D eigenvalue weighted by Crippen LogP contribution is -2.21. The van der Waals surface area contributed by atoms with Crippen molar-refractivity contribution in [2.75, 3.05) is 6.61 Å². The Morgan fingerprint density at radius 2 is 2.21 bits per heavy atom. The predicted molar refractivity (Wildman–Crippen MR) is 77.8 cm³/mol. The first-order valence-electron chi connectivity index (χ1n) is 6.37. The number of benzene rings is 1. The van der Waals surface area contributed by atoms with Gasteiger partial charge in [-0.05, 0) is 30.5 Å². The summed E-state index contributed by atoms with van der Waals surface area (Å²) in [5, 5.41) is 0.762. The SMILES string of the molecule is Cc1cnc(C2COc3ccccc3C2)nc1CBr. The van der Waals surface area contributed by atoms with Crippen LogP contribution in [0.1, 0.15) is 28.6 Å². The Kier molecular flexibility index (Phi) is 3.51. The van der Waals surface area contributed by atoms with Crippen LogP contribution in [0.3, 0.4) is 0 Å². The monoisotopic (exact) mass is 318 g/mol. The first kappa shape index (κ1) is 12.6. The van der Waals surface area contributed by atoms with Crippen LogP contribution in [0.25, 0.3) is 0 Å². The minimum Gasteiger partial charge on any atom is -0.493 e. The summed E-state index contributed by atoms with van der Waals surface area (Å²) < 4.78 is 5.80. The number of fused-ring (bicyclic) bond motifs is 1. The van der Waals surface area contributed by atoms with E-state index in [2.05, 4.69) is 32.0 Å². The average molecular weight is 319 g/mol. The van der Waals surface area contributed by atoms with Gasteiger partial charge in [-0.15, -0.1) is 0 Å². The second kappa shape index (κ2) is 5.29. The van der Waals surface area contributed by atoms with Gasteiger partial charge in [0.2, 0.25) is 0 Å². The third-order valence-electron chi connectivity index (χ3n) is 3.47. The lowest BCUT2D eigenvalue weighted by Gasteiger charge is -2.24. The number of alkyl halides is 1. The van der Waals surface area contributed by atoms with E-state index >= 15 is 0 Å². The Morgan fingerprint density at radius 3 is 3.05 bits per heavy atom. The van der Waals surface area contributed by atoms with Crippen molar-refractivity contribution in [1.29, 1.82) is 0 Å². The van der Waals surface area contributed by atoms with Crippen molar-refractivity contribution in [3.05, 3.63) is 53.1 Å². The molecule has 0 saturated heterocycles. The molecule has 2 heterocycles. The third kappa shape index (κ3) is 2.50. The summed E-state index contributed by atoms with van der Waals surface area (Å²) in [6.07, 6.45) is 2.85. The number of ether oxygens (including phenoxy) is 1. The zero-order valence-corrected chi connectivity index (χ0v) is 12.4. The van der Waals surface area contributed by atoms with Gasteiger partial charge in [0, 0.05) is 11.5 Å². The molecule has 2 aromatic rings. The zero-order valence-electron chi connectivity index (χ0n) is 10.8. The van der Waals surface area contributed by atoms with Gasteiger partial charge in [-0.2, -0.15) is 0 Å². The van der Waals surface area contributed by atoms with E-state index in [9.17, 15) is 0 Å². The van der Waals surface area contributed by atoms with Crippen molar-refractivity contribution in [3.8, 4) is 5.75 Å². The van der Waals surface area contributed by atoms with E-state index in [4.69, 9.17) is 4.74 Å². The van der Waals surface area contributed by atoms with Gasteiger partial charge in [-0.1, -0.05) is 34.1 Å². The van der Waals surface area contributed by atoms with Crippen LogP contribution in [-0.2, 0) is 11.8 Å². The first-order chi connectivity index (χ1) is 9.28.